The number of carbonyl (C=O) groups is 3. The molecule has 148 valence electrons. The van der Waals surface area contributed by atoms with Crippen molar-refractivity contribution < 1.29 is 14.4 Å². The third-order valence-corrected chi connectivity index (χ3v) is 4.81. The second-order valence-electron chi connectivity index (χ2n) is 6.53. The Balaban J connectivity index is 1.56. The Kier molecular flexibility index (Phi) is 5.32. The summed E-state index contributed by atoms with van der Waals surface area (Å²) in [6, 6.07) is 22.4. The largest absolute Gasteiger partial charge is 0.322 e. The maximum Gasteiger partial charge on any atom is 0.282 e. The van der Waals surface area contributed by atoms with E-state index in [1.165, 1.54) is 11.1 Å². The van der Waals surface area contributed by atoms with Crippen LogP contribution in [-0.2, 0) is 9.59 Å². The number of carbonyl (C=O) groups excluding carboxylic acids is 3. The summed E-state index contributed by atoms with van der Waals surface area (Å²) in [6.07, 6.45) is 1.49. The van der Waals surface area contributed by atoms with Crippen LogP contribution in [0.4, 0.5) is 11.4 Å². The van der Waals surface area contributed by atoms with Gasteiger partial charge in [-0.05, 0) is 48.0 Å². The molecule has 7 heteroatoms. The Morgan fingerprint density at radius 3 is 2.43 bits per heavy atom. The van der Waals surface area contributed by atoms with Crippen LogP contribution in [0.5, 0.6) is 0 Å². The number of anilines is 2. The van der Waals surface area contributed by atoms with Crippen LogP contribution in [0.25, 0.3) is 6.08 Å². The van der Waals surface area contributed by atoms with Crippen LogP contribution in [-0.4, -0.2) is 17.7 Å². The molecule has 30 heavy (non-hydrogen) atoms. The molecule has 2 N–H and O–H groups in total. The molecule has 0 radical (unpaired) electrons. The number of hydrazine groups is 1. The van der Waals surface area contributed by atoms with Crippen molar-refractivity contribution in [3.8, 4) is 0 Å². The molecule has 0 atom stereocenters. The van der Waals surface area contributed by atoms with Crippen LogP contribution in [0.1, 0.15) is 15.9 Å². The number of hydrogen-bond donors (Lipinski definition) is 2. The summed E-state index contributed by atoms with van der Waals surface area (Å²) in [5.41, 5.74) is 4.60. The van der Waals surface area contributed by atoms with Crippen LogP contribution in [0, 0.1) is 0 Å². The number of para-hydroxylation sites is 1. The fourth-order valence-electron chi connectivity index (χ4n) is 3.03. The Labute approximate surface area is 177 Å². The number of nitrogens with zero attached hydrogens (tertiary/aromatic N) is 1. The molecule has 0 saturated carbocycles. The molecule has 1 aliphatic heterocycles. The van der Waals surface area contributed by atoms with Crippen LogP contribution < -0.4 is 15.8 Å². The van der Waals surface area contributed by atoms with Crippen molar-refractivity contribution in [2.24, 2.45) is 0 Å². The van der Waals surface area contributed by atoms with E-state index >= 15 is 0 Å². The Hall–Kier alpha value is -3.90. The van der Waals surface area contributed by atoms with Crippen molar-refractivity contribution in [1.82, 2.24) is 5.43 Å². The summed E-state index contributed by atoms with van der Waals surface area (Å²) in [4.78, 5) is 37.5. The fourth-order valence-corrected chi connectivity index (χ4v) is 3.25. The summed E-state index contributed by atoms with van der Waals surface area (Å²) in [7, 11) is 0. The second-order valence-corrected chi connectivity index (χ2v) is 6.94. The predicted molar refractivity (Wildman–Crippen MR) is 116 cm³/mol. The average molecular weight is 418 g/mol. The van der Waals surface area contributed by atoms with Crippen molar-refractivity contribution in [3.63, 3.8) is 0 Å². The predicted octanol–water partition coefficient (Wildman–Crippen LogP) is 4.05. The molecule has 0 spiro atoms. The highest BCUT2D eigenvalue weighted by molar-refractivity contribution is 6.34. The Morgan fingerprint density at radius 2 is 1.67 bits per heavy atom. The van der Waals surface area contributed by atoms with Gasteiger partial charge in [0.05, 0.1) is 16.3 Å². The maximum atomic E-state index is 12.7. The average Bonchev–Trinajstić information content (AvgIpc) is 3.03. The summed E-state index contributed by atoms with van der Waals surface area (Å²) < 4.78 is 0. The van der Waals surface area contributed by atoms with Gasteiger partial charge in [0.1, 0.15) is 5.57 Å². The number of nitrogens with one attached hydrogen (secondary N) is 2. The normalized spacial score (nSPS) is 14.7. The van der Waals surface area contributed by atoms with Gasteiger partial charge in [0, 0.05) is 5.69 Å². The van der Waals surface area contributed by atoms with Crippen LogP contribution in [0.3, 0.4) is 0 Å². The number of hydrogen-bond acceptors (Lipinski definition) is 3. The van der Waals surface area contributed by atoms with Gasteiger partial charge in [0.25, 0.3) is 17.7 Å². The van der Waals surface area contributed by atoms with Gasteiger partial charge < -0.3 is 5.32 Å². The van der Waals surface area contributed by atoms with Gasteiger partial charge in [0.2, 0.25) is 0 Å². The first-order chi connectivity index (χ1) is 14.5. The summed E-state index contributed by atoms with van der Waals surface area (Å²) in [6.45, 7) is 0. The molecule has 6 nitrogen and oxygen atoms in total. The van der Waals surface area contributed by atoms with Gasteiger partial charge in [-0.1, -0.05) is 54.1 Å². The zero-order chi connectivity index (χ0) is 21.1. The van der Waals surface area contributed by atoms with Crippen LogP contribution >= 0.6 is 11.6 Å². The molecule has 3 amide bonds. The van der Waals surface area contributed by atoms with E-state index in [1.54, 1.807) is 72.8 Å². The van der Waals surface area contributed by atoms with E-state index in [1.807, 2.05) is 6.07 Å². The van der Waals surface area contributed by atoms with Gasteiger partial charge >= 0.3 is 0 Å². The molecule has 0 unspecified atom stereocenters. The first-order valence-corrected chi connectivity index (χ1v) is 9.49. The number of halogens is 1. The van der Waals surface area contributed by atoms with E-state index in [0.29, 0.717) is 27.5 Å². The van der Waals surface area contributed by atoms with Crippen molar-refractivity contribution in [2.75, 3.05) is 10.3 Å². The van der Waals surface area contributed by atoms with Gasteiger partial charge in [-0.3, -0.25) is 19.8 Å². The number of rotatable bonds is 4. The molecule has 3 aromatic carbocycles. The monoisotopic (exact) mass is 417 g/mol. The zero-order valence-corrected chi connectivity index (χ0v) is 16.4. The molecule has 1 fully saturated rings. The third-order valence-electron chi connectivity index (χ3n) is 4.48. The first kappa shape index (κ1) is 19.4. The summed E-state index contributed by atoms with van der Waals surface area (Å²) in [5, 5.41) is 4.33. The minimum absolute atomic E-state index is 0.00781. The second kappa shape index (κ2) is 8.23. The molecule has 1 saturated heterocycles. The topological polar surface area (TPSA) is 78.5 Å². The highest BCUT2D eigenvalue weighted by atomic mass is 35.5. The summed E-state index contributed by atoms with van der Waals surface area (Å²) >= 11 is 6.07. The van der Waals surface area contributed by atoms with Crippen LogP contribution in [0.2, 0.25) is 5.02 Å². The lowest BCUT2D eigenvalue weighted by Gasteiger charge is -2.13. The maximum absolute atomic E-state index is 12.7. The van der Waals surface area contributed by atoms with Gasteiger partial charge in [-0.15, -0.1) is 0 Å². The lowest BCUT2D eigenvalue weighted by Crippen LogP contribution is -2.35. The van der Waals surface area contributed by atoms with Gasteiger partial charge in [-0.25, -0.2) is 5.01 Å². The minimum Gasteiger partial charge on any atom is -0.322 e. The standard InChI is InChI=1S/C23H16ClN3O3/c24-20-12-5-4-11-18(20)21(28)25-16-8-6-7-15(13-16)14-19-22(29)26-27(23(19)30)17-9-2-1-3-10-17/h1-14H,(H,25,28)(H,26,29). The lowest BCUT2D eigenvalue weighted by atomic mass is 10.1. The third kappa shape index (κ3) is 3.94. The Morgan fingerprint density at radius 1 is 0.933 bits per heavy atom. The molecule has 0 aromatic heterocycles. The molecule has 1 heterocycles. The highest BCUT2D eigenvalue weighted by Gasteiger charge is 2.34. The van der Waals surface area contributed by atoms with E-state index < -0.39 is 11.8 Å². The lowest BCUT2D eigenvalue weighted by molar-refractivity contribution is -0.117. The van der Waals surface area contributed by atoms with E-state index in [4.69, 9.17) is 11.6 Å². The van der Waals surface area contributed by atoms with E-state index in [0.717, 1.165) is 0 Å². The Bertz CT molecular complexity index is 1180. The van der Waals surface area contributed by atoms with Crippen LogP contribution in [0.15, 0.2) is 84.4 Å². The van der Waals surface area contributed by atoms with Crippen molar-refractivity contribution in [1.29, 1.82) is 0 Å². The summed E-state index contributed by atoms with van der Waals surface area (Å²) in [5.74, 6) is -1.29. The number of benzene rings is 3. The van der Waals surface area contributed by atoms with Crippen molar-refractivity contribution >= 4 is 46.8 Å². The highest BCUT2D eigenvalue weighted by Crippen LogP contribution is 2.23. The van der Waals surface area contributed by atoms with E-state index in [2.05, 4.69) is 10.7 Å². The zero-order valence-electron chi connectivity index (χ0n) is 15.6. The smallest absolute Gasteiger partial charge is 0.282 e. The molecule has 1 aliphatic rings. The van der Waals surface area contributed by atoms with E-state index in [9.17, 15) is 14.4 Å². The molecule has 0 aliphatic carbocycles. The molecule has 0 bridgehead atoms. The molecular formula is C23H16ClN3O3. The molecule has 4 rings (SSSR count). The van der Waals surface area contributed by atoms with Crippen molar-refractivity contribution in [3.05, 3.63) is 101 Å². The SMILES string of the molecule is O=C1NN(c2ccccc2)C(=O)C1=Cc1cccc(NC(=O)c2ccccc2Cl)c1. The van der Waals surface area contributed by atoms with E-state index in [-0.39, 0.29) is 11.5 Å². The van der Waals surface area contributed by atoms with Gasteiger partial charge in [-0.2, -0.15) is 0 Å². The number of amides is 3. The minimum atomic E-state index is -0.491. The van der Waals surface area contributed by atoms with Crippen molar-refractivity contribution in [2.45, 2.75) is 0 Å². The quantitative estimate of drug-likeness (QED) is 0.496. The molecular weight excluding hydrogens is 402 g/mol. The first-order valence-electron chi connectivity index (χ1n) is 9.11. The van der Waals surface area contributed by atoms with Gasteiger partial charge in [0.15, 0.2) is 0 Å². The molecule has 3 aromatic rings. The fraction of sp³-hybridized carbons (Fsp3) is 0.